The van der Waals surface area contributed by atoms with E-state index in [1.54, 1.807) is 6.92 Å². The number of methoxy groups -OCH3 is 1. The van der Waals surface area contributed by atoms with Gasteiger partial charge in [-0.1, -0.05) is 20.8 Å². The van der Waals surface area contributed by atoms with E-state index in [0.29, 0.717) is 17.6 Å². The predicted octanol–water partition coefficient (Wildman–Crippen LogP) is 2.34. The molecule has 0 aromatic heterocycles. The van der Waals surface area contributed by atoms with E-state index < -0.39 is 5.41 Å². The minimum Gasteiger partial charge on any atom is -0.493 e. The highest BCUT2D eigenvalue weighted by molar-refractivity contribution is 6.24. The number of carbonyl (C=O) groups is 2. The van der Waals surface area contributed by atoms with Crippen LogP contribution >= 0.6 is 0 Å². The van der Waals surface area contributed by atoms with Gasteiger partial charge in [0.25, 0.3) is 0 Å². The number of allylic oxidation sites excluding steroid dienone is 3. The molecule has 0 spiro atoms. The van der Waals surface area contributed by atoms with Crippen molar-refractivity contribution in [1.82, 2.24) is 0 Å². The summed E-state index contributed by atoms with van der Waals surface area (Å²) in [6, 6.07) is 0. The maximum atomic E-state index is 12.6. The van der Waals surface area contributed by atoms with Crippen LogP contribution in [0.5, 0.6) is 0 Å². The minimum absolute atomic E-state index is 0.0547. The Morgan fingerprint density at radius 1 is 1.32 bits per heavy atom. The van der Waals surface area contributed by atoms with Crippen LogP contribution in [0.4, 0.5) is 0 Å². The Labute approximate surface area is 114 Å². The first-order chi connectivity index (χ1) is 8.88. The van der Waals surface area contributed by atoms with Crippen molar-refractivity contribution >= 4 is 11.6 Å². The minimum atomic E-state index is -1.06. The fourth-order valence-corrected chi connectivity index (χ4v) is 2.40. The first kappa shape index (κ1) is 15.5. The number of Topliss-reactive ketones (excluding diaryl/α,β-unsaturated/α-hetero) is 2. The summed E-state index contributed by atoms with van der Waals surface area (Å²) in [4.78, 5) is 25.1. The zero-order valence-electron chi connectivity index (χ0n) is 12.4. The molecule has 4 heteroatoms. The largest absolute Gasteiger partial charge is 0.493 e. The Balaban J connectivity index is 3.59. The second-order valence-corrected chi connectivity index (χ2v) is 5.18. The van der Waals surface area contributed by atoms with Gasteiger partial charge in [-0.05, 0) is 25.7 Å². The van der Waals surface area contributed by atoms with Gasteiger partial charge in [-0.3, -0.25) is 9.59 Å². The maximum Gasteiger partial charge on any atom is 0.211 e. The van der Waals surface area contributed by atoms with Crippen LogP contribution in [0.25, 0.3) is 0 Å². The second kappa shape index (κ2) is 5.59. The molecule has 0 heterocycles. The van der Waals surface area contributed by atoms with Crippen LogP contribution in [0.15, 0.2) is 23.1 Å². The molecular formula is C15H23NO3. The molecule has 0 radical (unpaired) electrons. The van der Waals surface area contributed by atoms with Crippen LogP contribution in [0.1, 0.15) is 40.5 Å². The zero-order valence-corrected chi connectivity index (χ0v) is 12.4. The van der Waals surface area contributed by atoms with Gasteiger partial charge >= 0.3 is 0 Å². The number of ketones is 2. The van der Waals surface area contributed by atoms with Crippen molar-refractivity contribution in [2.24, 2.45) is 17.1 Å². The van der Waals surface area contributed by atoms with Crippen molar-refractivity contribution in [2.45, 2.75) is 40.5 Å². The van der Waals surface area contributed by atoms with E-state index in [4.69, 9.17) is 10.5 Å². The summed E-state index contributed by atoms with van der Waals surface area (Å²) >= 11 is 0. The normalized spacial score (nSPS) is 27.9. The molecule has 0 amide bonds. The van der Waals surface area contributed by atoms with Crippen LogP contribution in [0, 0.1) is 11.3 Å². The van der Waals surface area contributed by atoms with Gasteiger partial charge in [0.2, 0.25) is 5.78 Å². The van der Waals surface area contributed by atoms with Gasteiger partial charge in [0.05, 0.1) is 12.5 Å². The van der Waals surface area contributed by atoms with E-state index in [-0.39, 0.29) is 23.2 Å². The van der Waals surface area contributed by atoms with E-state index in [0.717, 1.165) is 6.42 Å². The van der Waals surface area contributed by atoms with Crippen molar-refractivity contribution in [1.29, 1.82) is 0 Å². The summed E-state index contributed by atoms with van der Waals surface area (Å²) in [6.07, 6.45) is 2.55. The molecule has 0 saturated carbocycles. The van der Waals surface area contributed by atoms with Crippen LogP contribution < -0.4 is 5.73 Å². The average molecular weight is 265 g/mol. The Kier molecular flexibility index (Phi) is 4.56. The molecule has 106 valence electrons. The van der Waals surface area contributed by atoms with Crippen LogP contribution in [0.3, 0.4) is 0 Å². The summed E-state index contributed by atoms with van der Waals surface area (Å²) in [5.41, 5.74) is 5.64. The summed E-state index contributed by atoms with van der Waals surface area (Å²) in [5.74, 6) is -0.0870. The van der Waals surface area contributed by atoms with Gasteiger partial charge in [0.15, 0.2) is 11.5 Å². The quantitative estimate of drug-likeness (QED) is 0.625. The van der Waals surface area contributed by atoms with Crippen molar-refractivity contribution in [2.75, 3.05) is 7.11 Å². The first-order valence-corrected chi connectivity index (χ1v) is 6.68. The lowest BCUT2D eigenvalue weighted by atomic mass is 9.67. The summed E-state index contributed by atoms with van der Waals surface area (Å²) in [5, 5.41) is 0. The number of hydrogen-bond acceptors (Lipinski definition) is 4. The molecule has 2 atom stereocenters. The van der Waals surface area contributed by atoms with E-state index >= 15 is 0 Å². The number of ether oxygens (including phenoxy) is 1. The Hall–Kier alpha value is -1.58. The standard InChI is InChI=1S/C15H23NO3/c1-6-9(3)11-10(8-16)13(17)15(4,7-2)14(18)12(11)19-5/h8-9H,6-7,16H2,1-5H3. The van der Waals surface area contributed by atoms with Crippen molar-refractivity contribution in [3.05, 3.63) is 23.1 Å². The lowest BCUT2D eigenvalue weighted by molar-refractivity contribution is -0.138. The van der Waals surface area contributed by atoms with Crippen molar-refractivity contribution in [3.8, 4) is 0 Å². The maximum absolute atomic E-state index is 12.6. The highest BCUT2D eigenvalue weighted by Crippen LogP contribution is 2.41. The van der Waals surface area contributed by atoms with Gasteiger partial charge in [-0.2, -0.15) is 0 Å². The smallest absolute Gasteiger partial charge is 0.211 e. The van der Waals surface area contributed by atoms with Gasteiger partial charge in [0, 0.05) is 17.3 Å². The molecule has 1 aliphatic carbocycles. The van der Waals surface area contributed by atoms with Gasteiger partial charge in [0.1, 0.15) is 0 Å². The fourth-order valence-electron chi connectivity index (χ4n) is 2.40. The number of nitrogens with two attached hydrogens (primary N) is 1. The molecule has 1 aliphatic rings. The Morgan fingerprint density at radius 3 is 2.26 bits per heavy atom. The monoisotopic (exact) mass is 265 g/mol. The number of hydrogen-bond donors (Lipinski definition) is 1. The third-order valence-electron chi connectivity index (χ3n) is 4.17. The molecule has 19 heavy (non-hydrogen) atoms. The van der Waals surface area contributed by atoms with Gasteiger partial charge < -0.3 is 10.5 Å². The Morgan fingerprint density at radius 2 is 1.89 bits per heavy atom. The molecule has 0 saturated heterocycles. The van der Waals surface area contributed by atoms with Crippen LogP contribution in [0.2, 0.25) is 0 Å². The lowest BCUT2D eigenvalue weighted by Gasteiger charge is -2.34. The molecule has 0 bridgehead atoms. The molecule has 0 fully saturated rings. The fraction of sp³-hybridized carbons (Fsp3) is 0.600. The Bertz CT molecular complexity index is 462. The molecular weight excluding hydrogens is 242 g/mol. The number of rotatable bonds is 4. The molecule has 0 aromatic rings. The summed E-state index contributed by atoms with van der Waals surface area (Å²) in [7, 11) is 1.47. The molecule has 2 unspecified atom stereocenters. The lowest BCUT2D eigenvalue weighted by Crippen LogP contribution is -2.44. The topological polar surface area (TPSA) is 69.4 Å². The second-order valence-electron chi connectivity index (χ2n) is 5.18. The summed E-state index contributed by atoms with van der Waals surface area (Å²) < 4.78 is 5.30. The van der Waals surface area contributed by atoms with E-state index in [9.17, 15) is 9.59 Å². The van der Waals surface area contributed by atoms with Crippen molar-refractivity contribution < 1.29 is 14.3 Å². The predicted molar refractivity (Wildman–Crippen MR) is 74.2 cm³/mol. The van der Waals surface area contributed by atoms with Crippen LogP contribution in [-0.2, 0) is 14.3 Å². The van der Waals surface area contributed by atoms with E-state index in [2.05, 4.69) is 0 Å². The highest BCUT2D eigenvalue weighted by atomic mass is 16.5. The SMILES string of the molecule is CCC(C)C1=C(OC)C(=O)C(C)(CC)C(=O)C1=CN. The van der Waals surface area contributed by atoms with Gasteiger partial charge in [-0.25, -0.2) is 0 Å². The molecule has 1 rings (SSSR count). The van der Waals surface area contributed by atoms with Gasteiger partial charge in [-0.15, -0.1) is 0 Å². The van der Waals surface area contributed by atoms with Crippen molar-refractivity contribution in [3.63, 3.8) is 0 Å². The summed E-state index contributed by atoms with van der Waals surface area (Å²) in [6.45, 7) is 7.45. The molecule has 4 nitrogen and oxygen atoms in total. The molecule has 0 aliphatic heterocycles. The average Bonchev–Trinajstić information content (AvgIpc) is 2.43. The highest BCUT2D eigenvalue weighted by Gasteiger charge is 2.49. The third-order valence-corrected chi connectivity index (χ3v) is 4.17. The molecule has 0 aromatic carbocycles. The molecule has 2 N–H and O–H groups in total. The number of carbonyl (C=O) groups excluding carboxylic acids is 2. The first-order valence-electron chi connectivity index (χ1n) is 6.68. The third kappa shape index (κ3) is 2.20. The van der Waals surface area contributed by atoms with E-state index in [1.165, 1.54) is 13.3 Å². The van der Waals surface area contributed by atoms with E-state index in [1.807, 2.05) is 20.8 Å². The zero-order chi connectivity index (χ0) is 14.8. The van der Waals surface area contributed by atoms with Crippen LogP contribution in [-0.4, -0.2) is 18.7 Å².